The highest BCUT2D eigenvalue weighted by Gasteiger charge is 2.19. The van der Waals surface area contributed by atoms with E-state index in [2.05, 4.69) is 9.97 Å². The average molecular weight is 382 g/mol. The number of aromatic nitrogens is 4. The van der Waals surface area contributed by atoms with Gasteiger partial charge in [0.15, 0.2) is 0 Å². The van der Waals surface area contributed by atoms with Crippen molar-refractivity contribution in [1.82, 2.24) is 19.3 Å². The molecule has 3 aromatic heterocycles. The second kappa shape index (κ2) is 6.88. The summed E-state index contributed by atoms with van der Waals surface area (Å²) in [7, 11) is 0.0164. The first kappa shape index (κ1) is 17.3. The molecular formula is C19H18N4O3S. The van der Waals surface area contributed by atoms with Crippen LogP contribution in [0.5, 0.6) is 5.75 Å². The molecule has 1 unspecified atom stereocenters. The summed E-state index contributed by atoms with van der Waals surface area (Å²) in [6, 6.07) is 11.1. The van der Waals surface area contributed by atoms with Gasteiger partial charge in [0.2, 0.25) is 5.16 Å². The van der Waals surface area contributed by atoms with E-state index in [0.29, 0.717) is 22.5 Å². The summed E-state index contributed by atoms with van der Waals surface area (Å²) < 4.78 is 21.0. The number of rotatable bonds is 5. The Balaban J connectivity index is 1.69. The minimum Gasteiger partial charge on any atom is -0.496 e. The summed E-state index contributed by atoms with van der Waals surface area (Å²) in [6.45, 7) is 1.86. The Labute approximate surface area is 158 Å². The molecule has 0 amide bonds. The molecule has 8 heteroatoms. The van der Waals surface area contributed by atoms with Gasteiger partial charge >= 0.3 is 0 Å². The number of pyridine rings is 1. The third kappa shape index (κ3) is 3.08. The summed E-state index contributed by atoms with van der Waals surface area (Å²) >= 11 is 0. The standard InChI is InChI=1S/C19H18N4O3S/c1-13-16(20-8-7-18(13)26-2)12-27(25)19-21-15-11-14(22-9-3-4-10-22)5-6-17(15)23(19)24/h3-11,24H,12H2,1-2H3. The van der Waals surface area contributed by atoms with E-state index >= 15 is 0 Å². The van der Waals surface area contributed by atoms with Gasteiger partial charge in [-0.15, -0.1) is 0 Å². The van der Waals surface area contributed by atoms with E-state index in [1.54, 1.807) is 25.4 Å². The lowest BCUT2D eigenvalue weighted by Gasteiger charge is -2.08. The second-order valence-electron chi connectivity index (χ2n) is 6.04. The molecule has 0 aliphatic heterocycles. The molecule has 1 N–H and O–H groups in total. The minimum atomic E-state index is -1.57. The lowest BCUT2D eigenvalue weighted by atomic mass is 10.2. The molecule has 0 spiro atoms. The normalized spacial score (nSPS) is 12.4. The zero-order valence-electron chi connectivity index (χ0n) is 14.9. The van der Waals surface area contributed by atoms with Crippen molar-refractivity contribution < 1.29 is 14.2 Å². The summed E-state index contributed by atoms with van der Waals surface area (Å²) in [5, 5.41) is 10.5. The van der Waals surface area contributed by atoms with Crippen LogP contribution in [0.25, 0.3) is 16.7 Å². The van der Waals surface area contributed by atoms with Crippen LogP contribution >= 0.6 is 0 Å². The first-order valence-corrected chi connectivity index (χ1v) is 9.62. The maximum absolute atomic E-state index is 12.9. The predicted molar refractivity (Wildman–Crippen MR) is 102 cm³/mol. The first-order valence-electron chi connectivity index (χ1n) is 8.30. The fraction of sp³-hybridized carbons (Fsp3) is 0.158. The van der Waals surface area contributed by atoms with Crippen LogP contribution in [0, 0.1) is 6.92 Å². The van der Waals surface area contributed by atoms with Gasteiger partial charge in [0.05, 0.1) is 34.9 Å². The molecule has 0 fully saturated rings. The van der Waals surface area contributed by atoms with E-state index in [4.69, 9.17) is 4.74 Å². The van der Waals surface area contributed by atoms with Gasteiger partial charge in [0.25, 0.3) is 0 Å². The number of fused-ring (bicyclic) bond motifs is 1. The third-order valence-electron chi connectivity index (χ3n) is 4.44. The maximum atomic E-state index is 12.9. The van der Waals surface area contributed by atoms with Crippen molar-refractivity contribution in [2.75, 3.05) is 7.11 Å². The fourth-order valence-electron chi connectivity index (χ4n) is 2.96. The lowest BCUT2D eigenvalue weighted by molar-refractivity contribution is 0.171. The Kier molecular flexibility index (Phi) is 4.41. The Morgan fingerprint density at radius 3 is 2.74 bits per heavy atom. The Morgan fingerprint density at radius 2 is 2.00 bits per heavy atom. The number of nitrogens with zero attached hydrogens (tertiary/aromatic N) is 4. The molecule has 27 heavy (non-hydrogen) atoms. The van der Waals surface area contributed by atoms with Gasteiger partial charge in [-0.05, 0) is 43.3 Å². The van der Waals surface area contributed by atoms with E-state index in [1.807, 2.05) is 48.1 Å². The third-order valence-corrected chi connectivity index (χ3v) is 5.64. The van der Waals surface area contributed by atoms with Gasteiger partial charge in [-0.25, -0.2) is 4.98 Å². The first-order chi connectivity index (χ1) is 13.1. The highest BCUT2D eigenvalue weighted by molar-refractivity contribution is 7.84. The number of benzene rings is 1. The lowest BCUT2D eigenvalue weighted by Crippen LogP contribution is -2.07. The number of hydrogen-bond acceptors (Lipinski definition) is 5. The van der Waals surface area contributed by atoms with Crippen molar-refractivity contribution in [2.24, 2.45) is 0 Å². The van der Waals surface area contributed by atoms with Crippen molar-refractivity contribution in [3.05, 3.63) is 66.2 Å². The molecule has 0 bridgehead atoms. The van der Waals surface area contributed by atoms with Gasteiger partial charge in [-0.3, -0.25) is 9.19 Å². The zero-order chi connectivity index (χ0) is 19.0. The van der Waals surface area contributed by atoms with Gasteiger partial charge in [0, 0.05) is 29.8 Å². The Morgan fingerprint density at radius 1 is 1.22 bits per heavy atom. The number of imidazole rings is 1. The van der Waals surface area contributed by atoms with Crippen LogP contribution in [0.15, 0.2) is 60.1 Å². The molecule has 0 saturated heterocycles. The Hall–Kier alpha value is -3.13. The molecular weight excluding hydrogens is 364 g/mol. The van der Waals surface area contributed by atoms with Gasteiger partial charge in [0.1, 0.15) is 11.3 Å². The smallest absolute Gasteiger partial charge is 0.234 e. The highest BCUT2D eigenvalue weighted by Crippen LogP contribution is 2.24. The van der Waals surface area contributed by atoms with Crippen LogP contribution in [-0.2, 0) is 16.6 Å². The molecule has 0 saturated carbocycles. The van der Waals surface area contributed by atoms with E-state index in [0.717, 1.165) is 16.0 Å². The van der Waals surface area contributed by atoms with Gasteiger partial charge in [-0.1, -0.05) is 0 Å². The average Bonchev–Trinajstić information content (AvgIpc) is 3.31. The van der Waals surface area contributed by atoms with E-state index in [-0.39, 0.29) is 10.9 Å². The molecule has 0 aliphatic carbocycles. The Bertz CT molecular complexity index is 1140. The van der Waals surface area contributed by atoms with E-state index < -0.39 is 10.8 Å². The van der Waals surface area contributed by atoms with Crippen LogP contribution in [0.2, 0.25) is 0 Å². The van der Waals surface area contributed by atoms with Gasteiger partial charge < -0.3 is 14.5 Å². The van der Waals surface area contributed by atoms with Crippen molar-refractivity contribution in [1.29, 1.82) is 0 Å². The molecule has 1 atom stereocenters. The van der Waals surface area contributed by atoms with E-state index in [1.165, 1.54) is 0 Å². The SMILES string of the molecule is COc1ccnc(CS(=O)c2nc3cc(-n4cccc4)ccc3n2O)c1C. The van der Waals surface area contributed by atoms with Gasteiger partial charge in [-0.2, -0.15) is 4.73 Å². The number of methoxy groups -OCH3 is 1. The summed E-state index contributed by atoms with van der Waals surface area (Å²) in [5.41, 5.74) is 3.46. The monoisotopic (exact) mass is 382 g/mol. The summed E-state index contributed by atoms with van der Waals surface area (Å²) in [6.07, 6.45) is 5.46. The second-order valence-corrected chi connectivity index (χ2v) is 7.39. The molecule has 0 aliphatic rings. The topological polar surface area (TPSA) is 82.2 Å². The minimum absolute atomic E-state index is 0.0960. The molecule has 1 aromatic carbocycles. The zero-order valence-corrected chi connectivity index (χ0v) is 15.7. The molecule has 138 valence electrons. The van der Waals surface area contributed by atoms with Crippen LogP contribution in [0.1, 0.15) is 11.3 Å². The molecule has 4 rings (SSSR count). The quantitative estimate of drug-likeness (QED) is 0.537. The van der Waals surface area contributed by atoms with Crippen molar-refractivity contribution >= 4 is 21.8 Å². The van der Waals surface area contributed by atoms with Crippen LogP contribution in [0.4, 0.5) is 0 Å². The highest BCUT2D eigenvalue weighted by atomic mass is 32.2. The molecule has 0 radical (unpaired) electrons. The molecule has 3 heterocycles. The van der Waals surface area contributed by atoms with Crippen LogP contribution < -0.4 is 4.74 Å². The van der Waals surface area contributed by atoms with Crippen LogP contribution in [0.3, 0.4) is 0 Å². The van der Waals surface area contributed by atoms with Crippen molar-refractivity contribution in [3.63, 3.8) is 0 Å². The molecule has 7 nitrogen and oxygen atoms in total. The largest absolute Gasteiger partial charge is 0.496 e. The number of ether oxygens (including phenoxy) is 1. The summed E-state index contributed by atoms with van der Waals surface area (Å²) in [4.78, 5) is 8.68. The van der Waals surface area contributed by atoms with Crippen molar-refractivity contribution in [2.45, 2.75) is 17.8 Å². The number of hydrogen-bond donors (Lipinski definition) is 1. The van der Waals surface area contributed by atoms with E-state index in [9.17, 15) is 9.42 Å². The van der Waals surface area contributed by atoms with Crippen molar-refractivity contribution in [3.8, 4) is 11.4 Å². The summed E-state index contributed by atoms with van der Waals surface area (Å²) in [5.74, 6) is 0.822. The predicted octanol–water partition coefficient (Wildman–Crippen LogP) is 3.08. The maximum Gasteiger partial charge on any atom is 0.234 e. The van der Waals surface area contributed by atoms with Crippen LogP contribution in [-0.4, -0.2) is 35.8 Å². The fourth-order valence-corrected chi connectivity index (χ4v) is 4.12. The molecule has 4 aromatic rings.